The summed E-state index contributed by atoms with van der Waals surface area (Å²) < 4.78 is 10.9. The Hall–Kier alpha value is -2.30. The predicted octanol–water partition coefficient (Wildman–Crippen LogP) is 3.92. The molecule has 2 aromatic rings. The molecule has 0 saturated carbocycles. The topological polar surface area (TPSA) is 59.8 Å². The number of esters is 1. The number of fused-ring (bicyclic) bond motifs is 1. The van der Waals surface area contributed by atoms with Crippen molar-refractivity contribution in [3.8, 4) is 0 Å². The van der Waals surface area contributed by atoms with Crippen molar-refractivity contribution in [2.24, 2.45) is 0 Å². The van der Waals surface area contributed by atoms with Crippen molar-refractivity contribution in [3.05, 3.63) is 35.1 Å². The van der Waals surface area contributed by atoms with Gasteiger partial charge in [-0.15, -0.1) is 0 Å². The minimum absolute atomic E-state index is 0.105. The smallest absolute Gasteiger partial charge is 0.310 e. The number of piperidine rings is 1. The number of rotatable bonds is 4. The lowest BCUT2D eigenvalue weighted by atomic mass is 9.97. The highest BCUT2D eigenvalue weighted by Gasteiger charge is 2.29. The van der Waals surface area contributed by atoms with Crippen molar-refractivity contribution in [2.45, 2.75) is 65.5 Å². The molecule has 0 aliphatic carbocycles. The van der Waals surface area contributed by atoms with Gasteiger partial charge in [-0.2, -0.15) is 0 Å². The summed E-state index contributed by atoms with van der Waals surface area (Å²) in [5.41, 5.74) is 3.82. The molecule has 0 radical (unpaired) electrons. The molecule has 5 nitrogen and oxygen atoms in total. The second-order valence-corrected chi connectivity index (χ2v) is 7.41. The first-order chi connectivity index (χ1) is 12.4. The summed E-state index contributed by atoms with van der Waals surface area (Å²) in [7, 11) is 0. The lowest BCUT2D eigenvalue weighted by molar-refractivity contribution is -0.154. The average Bonchev–Trinajstić information content (AvgIpc) is 2.99. The zero-order chi connectivity index (χ0) is 18.8. The van der Waals surface area contributed by atoms with Crippen LogP contribution in [-0.2, 0) is 20.7 Å². The molecule has 0 bridgehead atoms. The van der Waals surface area contributed by atoms with E-state index in [9.17, 15) is 9.59 Å². The van der Waals surface area contributed by atoms with Crippen LogP contribution >= 0.6 is 0 Å². The van der Waals surface area contributed by atoms with Gasteiger partial charge in [0, 0.05) is 23.0 Å². The molecule has 26 heavy (non-hydrogen) atoms. The minimum atomic E-state index is -0.406. The molecule has 1 aliphatic rings. The second-order valence-electron chi connectivity index (χ2n) is 7.41. The first-order valence-electron chi connectivity index (χ1n) is 9.31. The summed E-state index contributed by atoms with van der Waals surface area (Å²) in [4.78, 5) is 26.5. The third-order valence-electron chi connectivity index (χ3n) is 5.51. The number of likely N-dealkylation sites (tertiary alicyclic amines) is 1. The molecule has 0 spiro atoms. The lowest BCUT2D eigenvalue weighted by Gasteiger charge is -2.38. The Morgan fingerprint density at radius 1 is 1.19 bits per heavy atom. The van der Waals surface area contributed by atoms with Crippen molar-refractivity contribution in [3.63, 3.8) is 0 Å². The predicted molar refractivity (Wildman–Crippen MR) is 100.0 cm³/mol. The molecule has 0 unspecified atom stereocenters. The van der Waals surface area contributed by atoms with Gasteiger partial charge in [-0.1, -0.05) is 12.1 Å². The van der Waals surface area contributed by atoms with Gasteiger partial charge in [0.2, 0.25) is 0 Å². The minimum Gasteiger partial charge on any atom is -0.464 e. The molecule has 2 atom stereocenters. The number of nitrogens with zero attached hydrogens (tertiary/aromatic N) is 1. The van der Waals surface area contributed by atoms with Gasteiger partial charge in [-0.3, -0.25) is 9.59 Å². The zero-order valence-electron chi connectivity index (χ0n) is 16.0. The molecule has 1 saturated heterocycles. The highest BCUT2D eigenvalue weighted by molar-refractivity contribution is 5.89. The third kappa shape index (κ3) is 3.62. The first-order valence-corrected chi connectivity index (χ1v) is 9.31. The Bertz CT molecular complexity index is 813. The molecule has 3 rings (SSSR count). The van der Waals surface area contributed by atoms with Gasteiger partial charge >= 0.3 is 5.97 Å². The van der Waals surface area contributed by atoms with E-state index in [2.05, 4.69) is 13.8 Å². The Kier molecular flexibility index (Phi) is 5.35. The Balaban J connectivity index is 1.61. The van der Waals surface area contributed by atoms with Crippen LogP contribution in [0.25, 0.3) is 11.0 Å². The molecule has 0 N–H and O–H groups in total. The van der Waals surface area contributed by atoms with Crippen LogP contribution in [0.2, 0.25) is 0 Å². The van der Waals surface area contributed by atoms with Gasteiger partial charge in [0.25, 0.3) is 5.91 Å². The number of benzene rings is 1. The molecular formula is C21H27NO4. The van der Waals surface area contributed by atoms with Gasteiger partial charge in [0.1, 0.15) is 5.58 Å². The summed E-state index contributed by atoms with van der Waals surface area (Å²) in [5.74, 6) is -0.516. The average molecular weight is 357 g/mol. The van der Waals surface area contributed by atoms with Gasteiger partial charge < -0.3 is 14.1 Å². The molecule has 2 heterocycles. The van der Waals surface area contributed by atoms with Crippen LogP contribution in [0.4, 0.5) is 0 Å². The summed E-state index contributed by atoms with van der Waals surface area (Å²) >= 11 is 0. The quantitative estimate of drug-likeness (QED) is 0.778. The molecule has 1 fully saturated rings. The van der Waals surface area contributed by atoms with Crippen molar-refractivity contribution < 1.29 is 18.7 Å². The number of carbonyl (C=O) groups is 2. The largest absolute Gasteiger partial charge is 0.464 e. The number of ether oxygens (including phenoxy) is 1. The van der Waals surface area contributed by atoms with Crippen molar-refractivity contribution in [1.82, 2.24) is 4.90 Å². The van der Waals surface area contributed by atoms with Crippen LogP contribution in [0.3, 0.4) is 0 Å². The van der Waals surface area contributed by atoms with Crippen molar-refractivity contribution >= 4 is 22.8 Å². The van der Waals surface area contributed by atoms with Crippen LogP contribution in [-0.4, -0.2) is 35.5 Å². The molecule has 1 aromatic heterocycles. The second kappa shape index (κ2) is 7.52. The number of hydrogen-bond donors (Lipinski definition) is 0. The lowest BCUT2D eigenvalue weighted by Crippen LogP contribution is -2.49. The maximum Gasteiger partial charge on any atom is 0.310 e. The van der Waals surface area contributed by atoms with Crippen LogP contribution < -0.4 is 0 Å². The fourth-order valence-corrected chi connectivity index (χ4v) is 3.86. The zero-order valence-corrected chi connectivity index (χ0v) is 16.0. The van der Waals surface area contributed by atoms with E-state index in [1.54, 1.807) is 6.26 Å². The number of aryl methyl sites for hydroxylation is 2. The first kappa shape index (κ1) is 18.5. The van der Waals surface area contributed by atoms with Crippen molar-refractivity contribution in [2.75, 3.05) is 6.61 Å². The standard InChI is InChI=1S/C21H27NO4/c1-13-8-9-18-17(11-26-21(18)16(13)4)10-20(24)25-12-19(23)22-14(2)6-5-7-15(22)3/h8-9,11,14-15H,5-7,10,12H2,1-4H3/t14-,15-/m0/s1. The van der Waals surface area contributed by atoms with E-state index in [0.29, 0.717) is 0 Å². The van der Waals surface area contributed by atoms with Gasteiger partial charge in [0.15, 0.2) is 6.61 Å². The maximum absolute atomic E-state index is 12.5. The number of furan rings is 1. The number of hydrogen-bond acceptors (Lipinski definition) is 4. The summed E-state index contributed by atoms with van der Waals surface area (Å²) in [6.07, 6.45) is 4.86. The van der Waals surface area contributed by atoms with Crippen molar-refractivity contribution in [1.29, 1.82) is 0 Å². The third-order valence-corrected chi connectivity index (χ3v) is 5.51. The Morgan fingerprint density at radius 3 is 2.58 bits per heavy atom. The molecule has 140 valence electrons. The van der Waals surface area contributed by atoms with E-state index in [4.69, 9.17) is 9.15 Å². The maximum atomic E-state index is 12.5. The van der Waals surface area contributed by atoms with Gasteiger partial charge in [-0.25, -0.2) is 0 Å². The SMILES string of the molecule is Cc1ccc2c(CC(=O)OCC(=O)N3[C@@H](C)CCC[C@@H]3C)coc2c1C. The Labute approximate surface area is 154 Å². The number of amides is 1. The van der Waals surface area contributed by atoms with Crippen LogP contribution in [0, 0.1) is 13.8 Å². The van der Waals surface area contributed by atoms with E-state index >= 15 is 0 Å². The monoisotopic (exact) mass is 357 g/mol. The molecular weight excluding hydrogens is 330 g/mol. The summed E-state index contributed by atoms with van der Waals surface area (Å²) in [5, 5.41) is 0.926. The summed E-state index contributed by atoms with van der Waals surface area (Å²) in [6.45, 7) is 7.94. The van der Waals surface area contributed by atoms with Crippen LogP contribution in [0.5, 0.6) is 0 Å². The van der Waals surface area contributed by atoms with E-state index in [0.717, 1.165) is 46.9 Å². The van der Waals surface area contributed by atoms with E-state index in [1.807, 2.05) is 30.9 Å². The molecule has 1 aliphatic heterocycles. The Morgan fingerprint density at radius 2 is 1.88 bits per heavy atom. The highest BCUT2D eigenvalue weighted by atomic mass is 16.5. The van der Waals surface area contributed by atoms with E-state index in [-0.39, 0.29) is 31.0 Å². The van der Waals surface area contributed by atoms with Crippen LogP contribution in [0.1, 0.15) is 49.8 Å². The summed E-state index contributed by atoms with van der Waals surface area (Å²) in [6, 6.07) is 4.39. The van der Waals surface area contributed by atoms with E-state index < -0.39 is 5.97 Å². The van der Waals surface area contributed by atoms with E-state index in [1.165, 1.54) is 0 Å². The fourth-order valence-electron chi connectivity index (χ4n) is 3.86. The normalized spacial score (nSPS) is 20.4. The number of carbonyl (C=O) groups excluding carboxylic acids is 2. The van der Waals surface area contributed by atoms with Gasteiger partial charge in [-0.05, 0) is 58.1 Å². The molecule has 1 aromatic carbocycles. The molecule has 5 heteroatoms. The molecule has 1 amide bonds. The fraction of sp³-hybridized carbons (Fsp3) is 0.524. The van der Waals surface area contributed by atoms with Crippen LogP contribution in [0.15, 0.2) is 22.8 Å². The van der Waals surface area contributed by atoms with Gasteiger partial charge in [0.05, 0.1) is 12.7 Å². The highest BCUT2D eigenvalue weighted by Crippen LogP contribution is 2.27.